The predicted octanol–water partition coefficient (Wildman–Crippen LogP) is 3.39. The van der Waals surface area contributed by atoms with Crippen LogP contribution in [0.4, 0.5) is 0 Å². The molecule has 9 nitrogen and oxygen atoms in total. The Balaban J connectivity index is 1.49. The topological polar surface area (TPSA) is 97.8 Å². The van der Waals surface area contributed by atoms with Gasteiger partial charge in [0.25, 0.3) is 11.7 Å². The van der Waals surface area contributed by atoms with Crippen LogP contribution in [0.15, 0.2) is 48.0 Å². The zero-order valence-electron chi connectivity index (χ0n) is 21.7. The van der Waals surface area contributed by atoms with Gasteiger partial charge in [-0.05, 0) is 42.3 Å². The number of fused-ring (bicyclic) bond motifs is 1. The Morgan fingerprint density at radius 3 is 2.45 bits per heavy atom. The third-order valence-corrected chi connectivity index (χ3v) is 7.08. The van der Waals surface area contributed by atoms with E-state index in [2.05, 4.69) is 11.8 Å². The normalized spacial score (nSPS) is 21.1. The maximum atomic E-state index is 13.4. The van der Waals surface area contributed by atoms with Gasteiger partial charge in [-0.15, -0.1) is 0 Å². The number of carbonyl (C=O) groups excluding carboxylic acids is 2. The number of amides is 1. The molecule has 2 aromatic rings. The van der Waals surface area contributed by atoms with Gasteiger partial charge < -0.3 is 29.0 Å². The number of rotatable bonds is 9. The summed E-state index contributed by atoms with van der Waals surface area (Å²) < 4.78 is 22.5. The minimum absolute atomic E-state index is 0.0632. The van der Waals surface area contributed by atoms with Gasteiger partial charge in [-0.3, -0.25) is 14.5 Å². The first-order chi connectivity index (χ1) is 18.6. The molecular formula is C29H34N2O7. The lowest BCUT2D eigenvalue weighted by Gasteiger charge is -2.31. The molecule has 1 N–H and O–H groups in total. The van der Waals surface area contributed by atoms with Crippen molar-refractivity contribution in [3.8, 4) is 17.2 Å². The van der Waals surface area contributed by atoms with Gasteiger partial charge in [-0.25, -0.2) is 0 Å². The molecule has 2 aromatic carbocycles. The molecule has 202 valence electrons. The van der Waals surface area contributed by atoms with E-state index in [0.29, 0.717) is 63.2 Å². The van der Waals surface area contributed by atoms with Gasteiger partial charge in [-0.1, -0.05) is 25.5 Å². The molecule has 3 aliphatic rings. The van der Waals surface area contributed by atoms with Crippen molar-refractivity contribution in [1.82, 2.24) is 9.80 Å². The SMILES string of the molecule is CCCCOc1ccc(C2/C(=C(\O)c3ccc4c(c3)OCCO4)C(=O)C(=O)N2CCN2CCOCC2)cc1. The molecule has 0 aliphatic carbocycles. The summed E-state index contributed by atoms with van der Waals surface area (Å²) in [7, 11) is 0. The second-order valence-electron chi connectivity index (χ2n) is 9.58. The average Bonchev–Trinajstić information content (AvgIpc) is 3.21. The number of likely N-dealkylation sites (tertiary alicyclic amines) is 1. The molecule has 0 radical (unpaired) electrons. The number of ketones is 1. The molecule has 1 unspecified atom stereocenters. The zero-order valence-corrected chi connectivity index (χ0v) is 21.7. The number of aliphatic hydroxyl groups excluding tert-OH is 1. The first kappa shape index (κ1) is 26.1. The number of aliphatic hydroxyl groups is 1. The monoisotopic (exact) mass is 522 g/mol. The van der Waals surface area contributed by atoms with Gasteiger partial charge in [0.2, 0.25) is 0 Å². The van der Waals surface area contributed by atoms with E-state index in [-0.39, 0.29) is 11.3 Å². The van der Waals surface area contributed by atoms with Gasteiger partial charge in [0.15, 0.2) is 11.5 Å². The first-order valence-electron chi connectivity index (χ1n) is 13.3. The highest BCUT2D eigenvalue weighted by Crippen LogP contribution is 2.41. The highest BCUT2D eigenvalue weighted by molar-refractivity contribution is 6.46. The van der Waals surface area contributed by atoms with Crippen molar-refractivity contribution < 1.29 is 33.6 Å². The van der Waals surface area contributed by atoms with Crippen molar-refractivity contribution in [3.05, 3.63) is 59.2 Å². The molecule has 0 aromatic heterocycles. The zero-order chi connectivity index (χ0) is 26.5. The molecule has 1 atom stereocenters. The lowest BCUT2D eigenvalue weighted by Crippen LogP contribution is -2.42. The highest BCUT2D eigenvalue weighted by atomic mass is 16.6. The van der Waals surface area contributed by atoms with E-state index in [1.165, 1.54) is 0 Å². The Labute approximate surface area is 222 Å². The Morgan fingerprint density at radius 1 is 0.974 bits per heavy atom. The van der Waals surface area contributed by atoms with Crippen LogP contribution in [0, 0.1) is 0 Å². The number of morpholine rings is 1. The van der Waals surface area contributed by atoms with Crippen LogP contribution in [0.2, 0.25) is 0 Å². The van der Waals surface area contributed by atoms with E-state index in [1.807, 2.05) is 24.3 Å². The Kier molecular flexibility index (Phi) is 8.14. The molecule has 0 saturated carbocycles. The van der Waals surface area contributed by atoms with Crippen molar-refractivity contribution in [2.75, 3.05) is 59.2 Å². The number of Topliss-reactive ketones (excluding diaryl/α,β-unsaturated/α-hetero) is 1. The van der Waals surface area contributed by atoms with Crippen molar-refractivity contribution in [2.24, 2.45) is 0 Å². The Hall–Kier alpha value is -3.56. The molecule has 3 aliphatic heterocycles. The van der Waals surface area contributed by atoms with Crippen molar-refractivity contribution in [1.29, 1.82) is 0 Å². The van der Waals surface area contributed by atoms with Crippen molar-refractivity contribution in [3.63, 3.8) is 0 Å². The van der Waals surface area contributed by atoms with Crippen LogP contribution in [0.5, 0.6) is 17.2 Å². The average molecular weight is 523 g/mol. The van der Waals surface area contributed by atoms with E-state index in [1.54, 1.807) is 23.1 Å². The second kappa shape index (κ2) is 11.9. The molecule has 1 amide bonds. The van der Waals surface area contributed by atoms with E-state index in [9.17, 15) is 14.7 Å². The van der Waals surface area contributed by atoms with Crippen LogP contribution >= 0.6 is 0 Å². The summed E-state index contributed by atoms with van der Waals surface area (Å²) in [6.07, 6.45) is 1.99. The van der Waals surface area contributed by atoms with Gasteiger partial charge >= 0.3 is 0 Å². The van der Waals surface area contributed by atoms with Crippen LogP contribution in [0.3, 0.4) is 0 Å². The lowest BCUT2D eigenvalue weighted by atomic mass is 9.95. The summed E-state index contributed by atoms with van der Waals surface area (Å²) in [6, 6.07) is 11.7. The van der Waals surface area contributed by atoms with Gasteiger partial charge in [0, 0.05) is 31.7 Å². The third-order valence-electron chi connectivity index (χ3n) is 7.08. The minimum atomic E-state index is -0.728. The van der Waals surface area contributed by atoms with Crippen LogP contribution in [-0.4, -0.2) is 85.8 Å². The van der Waals surface area contributed by atoms with E-state index in [0.717, 1.165) is 37.2 Å². The Bertz CT molecular complexity index is 1190. The number of ether oxygens (including phenoxy) is 4. The number of benzene rings is 2. The van der Waals surface area contributed by atoms with Crippen molar-refractivity contribution in [2.45, 2.75) is 25.8 Å². The predicted molar refractivity (Wildman–Crippen MR) is 141 cm³/mol. The molecule has 2 saturated heterocycles. The summed E-state index contributed by atoms with van der Waals surface area (Å²) in [5.41, 5.74) is 1.19. The lowest BCUT2D eigenvalue weighted by molar-refractivity contribution is -0.140. The first-order valence-corrected chi connectivity index (χ1v) is 13.3. The fourth-order valence-corrected chi connectivity index (χ4v) is 4.96. The number of hydrogen-bond acceptors (Lipinski definition) is 8. The number of hydrogen-bond donors (Lipinski definition) is 1. The fourth-order valence-electron chi connectivity index (χ4n) is 4.96. The quantitative estimate of drug-likeness (QED) is 0.232. The Morgan fingerprint density at radius 2 is 1.71 bits per heavy atom. The summed E-state index contributed by atoms with van der Waals surface area (Å²) in [5, 5.41) is 11.4. The smallest absolute Gasteiger partial charge is 0.295 e. The molecule has 3 heterocycles. The number of carbonyl (C=O) groups is 2. The maximum absolute atomic E-state index is 13.4. The molecule has 0 spiro atoms. The van der Waals surface area contributed by atoms with Crippen molar-refractivity contribution >= 4 is 17.4 Å². The molecule has 5 rings (SSSR count). The number of unbranched alkanes of at least 4 members (excludes halogenated alkanes) is 1. The van der Waals surface area contributed by atoms with Gasteiger partial charge in [-0.2, -0.15) is 0 Å². The summed E-state index contributed by atoms with van der Waals surface area (Å²) in [5.74, 6) is 0.237. The van der Waals surface area contributed by atoms with Crippen LogP contribution < -0.4 is 14.2 Å². The molecule has 38 heavy (non-hydrogen) atoms. The van der Waals surface area contributed by atoms with Crippen LogP contribution in [-0.2, 0) is 14.3 Å². The number of nitrogens with zero attached hydrogens (tertiary/aromatic N) is 2. The molecule has 9 heteroatoms. The summed E-state index contributed by atoms with van der Waals surface area (Å²) in [6.45, 7) is 7.37. The van der Waals surface area contributed by atoms with Crippen LogP contribution in [0.25, 0.3) is 5.76 Å². The minimum Gasteiger partial charge on any atom is -0.507 e. The summed E-state index contributed by atoms with van der Waals surface area (Å²) >= 11 is 0. The van der Waals surface area contributed by atoms with E-state index < -0.39 is 17.7 Å². The maximum Gasteiger partial charge on any atom is 0.295 e. The van der Waals surface area contributed by atoms with Gasteiger partial charge in [0.1, 0.15) is 24.7 Å². The molecule has 0 bridgehead atoms. The van der Waals surface area contributed by atoms with E-state index >= 15 is 0 Å². The highest BCUT2D eigenvalue weighted by Gasteiger charge is 2.46. The standard InChI is InChI=1S/C29H34N2O7/c1-2-3-14-36-22-7-4-20(5-8-22)26-25(27(32)21-6-9-23-24(19-21)38-18-17-37-23)28(33)29(34)31(26)11-10-30-12-15-35-16-13-30/h4-9,19,26,32H,2-3,10-18H2,1H3/b27-25+. The van der Waals surface area contributed by atoms with E-state index in [4.69, 9.17) is 18.9 Å². The largest absolute Gasteiger partial charge is 0.507 e. The van der Waals surface area contributed by atoms with Crippen LogP contribution in [0.1, 0.15) is 36.9 Å². The van der Waals surface area contributed by atoms with Gasteiger partial charge in [0.05, 0.1) is 31.4 Å². The summed E-state index contributed by atoms with van der Waals surface area (Å²) in [4.78, 5) is 30.5. The molecule has 2 fully saturated rings. The molecular weight excluding hydrogens is 488 g/mol. The fraction of sp³-hybridized carbons (Fsp3) is 0.448. The third kappa shape index (κ3) is 5.49. The second-order valence-corrected chi connectivity index (χ2v) is 9.58.